The molecule has 4 rings (SSSR count). The molecule has 42 heavy (non-hydrogen) atoms. The van der Waals surface area contributed by atoms with Crippen molar-refractivity contribution in [2.24, 2.45) is 0 Å². The van der Waals surface area contributed by atoms with Gasteiger partial charge >= 0.3 is 13.2 Å². The second kappa shape index (κ2) is 12.7. The van der Waals surface area contributed by atoms with Gasteiger partial charge < -0.3 is 29.5 Å². The van der Waals surface area contributed by atoms with E-state index in [9.17, 15) is 32.6 Å². The maximum atomic E-state index is 14.0. The smallest absolute Gasteiger partial charge is 0.387 e. The lowest BCUT2D eigenvalue weighted by molar-refractivity contribution is -0.122. The fourth-order valence-corrected chi connectivity index (χ4v) is 5.27. The maximum absolute atomic E-state index is 14.0. The minimum Gasteiger partial charge on any atom is -0.435 e. The Balaban J connectivity index is 1.77. The van der Waals surface area contributed by atoms with Crippen LogP contribution >= 0.6 is 11.6 Å². The van der Waals surface area contributed by atoms with Crippen LogP contribution in [0.3, 0.4) is 0 Å². The van der Waals surface area contributed by atoms with E-state index in [2.05, 4.69) is 14.5 Å². The number of carbonyl (C=O) groups is 1. The van der Waals surface area contributed by atoms with E-state index >= 15 is 0 Å². The first kappa shape index (κ1) is 31.3. The Hall–Kier alpha value is -3.61. The standard InChI is InChI=1S/C29H30ClF4N3O5/c1-29(2,16-8-19(41-27(31)32)11-20(9-16)42-28(33)34)26(40)36(3)24-13-35-25(37-14-18(39)10-17(37)15-38)12-22(24)21-6-4-5-7-23(21)30/h4-9,11-13,17-18,27-28,38-39H,10,14-15H2,1-3H3/t17-,18+/m0/s1. The molecule has 13 heteroatoms. The molecule has 226 valence electrons. The van der Waals surface area contributed by atoms with Crippen LogP contribution in [0.1, 0.15) is 25.8 Å². The number of benzene rings is 2. The minimum absolute atomic E-state index is 0.0915. The molecule has 1 aliphatic heterocycles. The van der Waals surface area contributed by atoms with Gasteiger partial charge in [0.05, 0.1) is 36.1 Å². The number of hydrogen-bond donors (Lipinski definition) is 2. The van der Waals surface area contributed by atoms with Gasteiger partial charge in [0, 0.05) is 35.8 Å². The fourth-order valence-electron chi connectivity index (χ4n) is 5.03. The van der Waals surface area contributed by atoms with Crippen molar-refractivity contribution in [3.05, 3.63) is 65.3 Å². The number of amides is 1. The molecular weight excluding hydrogens is 582 g/mol. The van der Waals surface area contributed by atoms with Crippen LogP contribution in [0.4, 0.5) is 29.1 Å². The van der Waals surface area contributed by atoms with Crippen LogP contribution in [-0.4, -0.2) is 66.7 Å². The number of carbonyl (C=O) groups excluding carboxylic acids is 1. The number of hydrogen-bond acceptors (Lipinski definition) is 7. The zero-order chi connectivity index (χ0) is 30.8. The van der Waals surface area contributed by atoms with Crippen LogP contribution in [-0.2, 0) is 10.2 Å². The number of aromatic nitrogens is 1. The summed E-state index contributed by atoms with van der Waals surface area (Å²) in [6.07, 6.45) is 1.17. The number of halogens is 5. The van der Waals surface area contributed by atoms with E-state index in [0.29, 0.717) is 34.1 Å². The number of pyridine rings is 1. The summed E-state index contributed by atoms with van der Waals surface area (Å²) in [5, 5.41) is 20.4. The number of rotatable bonds is 10. The topological polar surface area (TPSA) is 95.4 Å². The zero-order valence-corrected chi connectivity index (χ0v) is 23.7. The predicted octanol–water partition coefficient (Wildman–Crippen LogP) is 5.48. The quantitative estimate of drug-likeness (QED) is 0.293. The van der Waals surface area contributed by atoms with Gasteiger partial charge in [-0.05, 0) is 50.1 Å². The van der Waals surface area contributed by atoms with Gasteiger partial charge in [-0.1, -0.05) is 29.8 Å². The van der Waals surface area contributed by atoms with Gasteiger partial charge in [0.1, 0.15) is 17.3 Å². The number of β-amino-alcohol motifs (C(OH)–C–C–N with tert-alkyl or cyclic N) is 1. The summed E-state index contributed by atoms with van der Waals surface area (Å²) < 4.78 is 60.7. The van der Waals surface area contributed by atoms with E-state index in [1.807, 2.05) is 0 Å². The van der Waals surface area contributed by atoms with Crippen molar-refractivity contribution in [1.82, 2.24) is 4.98 Å². The lowest BCUT2D eigenvalue weighted by Gasteiger charge is -2.32. The number of likely N-dealkylation sites (N-methyl/N-ethyl adjacent to an activating group) is 1. The number of ether oxygens (including phenoxy) is 2. The minimum atomic E-state index is -3.23. The normalized spacial score (nSPS) is 17.2. The second-order valence-electron chi connectivity index (χ2n) is 10.4. The Kier molecular flexibility index (Phi) is 9.49. The first-order valence-electron chi connectivity index (χ1n) is 13.0. The van der Waals surface area contributed by atoms with Crippen molar-refractivity contribution >= 4 is 29.0 Å². The molecule has 1 amide bonds. The predicted molar refractivity (Wildman–Crippen MR) is 150 cm³/mol. The summed E-state index contributed by atoms with van der Waals surface area (Å²) in [7, 11) is 1.49. The van der Waals surface area contributed by atoms with Crippen molar-refractivity contribution in [3.63, 3.8) is 0 Å². The maximum Gasteiger partial charge on any atom is 0.387 e. The molecule has 1 aliphatic rings. The molecule has 0 spiro atoms. The van der Waals surface area contributed by atoms with Gasteiger partial charge in [-0.25, -0.2) is 4.98 Å². The van der Waals surface area contributed by atoms with Crippen molar-refractivity contribution < 1.29 is 42.0 Å². The summed E-state index contributed by atoms with van der Waals surface area (Å²) in [5.41, 5.74) is 0.0824. The van der Waals surface area contributed by atoms with E-state index in [4.69, 9.17) is 11.6 Å². The molecule has 2 aromatic carbocycles. The molecule has 8 nitrogen and oxygen atoms in total. The molecule has 1 aromatic heterocycles. The van der Waals surface area contributed by atoms with Gasteiger partial charge in [-0.3, -0.25) is 4.79 Å². The number of alkyl halides is 4. The van der Waals surface area contributed by atoms with Gasteiger partial charge in [-0.15, -0.1) is 0 Å². The highest BCUT2D eigenvalue weighted by Crippen LogP contribution is 2.40. The number of anilines is 2. The highest BCUT2D eigenvalue weighted by molar-refractivity contribution is 6.33. The van der Waals surface area contributed by atoms with E-state index in [1.54, 1.807) is 35.2 Å². The summed E-state index contributed by atoms with van der Waals surface area (Å²) in [6, 6.07) is 11.5. The average molecular weight is 612 g/mol. The second-order valence-corrected chi connectivity index (χ2v) is 10.8. The third-order valence-electron chi connectivity index (χ3n) is 7.18. The summed E-state index contributed by atoms with van der Waals surface area (Å²) in [5.74, 6) is -0.978. The van der Waals surface area contributed by atoms with E-state index in [1.165, 1.54) is 44.1 Å². The summed E-state index contributed by atoms with van der Waals surface area (Å²) in [4.78, 5) is 21.6. The average Bonchev–Trinajstić information content (AvgIpc) is 3.32. The van der Waals surface area contributed by atoms with Crippen molar-refractivity contribution in [3.8, 4) is 22.6 Å². The fraction of sp³-hybridized carbons (Fsp3) is 0.379. The van der Waals surface area contributed by atoms with Crippen molar-refractivity contribution in [2.75, 3.05) is 30.0 Å². The molecule has 1 saturated heterocycles. The molecule has 0 radical (unpaired) electrons. The first-order chi connectivity index (χ1) is 19.8. The molecule has 0 bridgehead atoms. The van der Waals surface area contributed by atoms with Crippen LogP contribution in [0.5, 0.6) is 11.5 Å². The van der Waals surface area contributed by atoms with Crippen LogP contribution in [0.2, 0.25) is 5.02 Å². The Bertz CT molecular complexity index is 1400. The SMILES string of the molecule is CN(C(=O)C(C)(C)c1cc(OC(F)F)cc(OC(F)F)c1)c1cnc(N2C[C@H](O)C[C@H]2CO)cc1-c1ccccc1Cl. The first-order valence-corrected chi connectivity index (χ1v) is 13.3. The van der Waals surface area contributed by atoms with E-state index in [-0.39, 0.29) is 24.8 Å². The highest BCUT2D eigenvalue weighted by Gasteiger charge is 2.36. The number of aliphatic hydroxyl groups is 2. The number of nitrogens with zero attached hydrogens (tertiary/aromatic N) is 3. The van der Waals surface area contributed by atoms with Gasteiger partial charge in [0.2, 0.25) is 5.91 Å². The summed E-state index contributed by atoms with van der Waals surface area (Å²) in [6.45, 7) is -3.39. The Morgan fingerprint density at radius 2 is 1.71 bits per heavy atom. The van der Waals surface area contributed by atoms with E-state index < -0.39 is 42.1 Å². The molecule has 0 saturated carbocycles. The summed E-state index contributed by atoms with van der Waals surface area (Å²) >= 11 is 6.54. The van der Waals surface area contributed by atoms with Crippen LogP contribution in [0.25, 0.3) is 11.1 Å². The van der Waals surface area contributed by atoms with Crippen LogP contribution < -0.4 is 19.3 Å². The van der Waals surface area contributed by atoms with Crippen molar-refractivity contribution in [1.29, 1.82) is 0 Å². The third-order valence-corrected chi connectivity index (χ3v) is 7.51. The van der Waals surface area contributed by atoms with Gasteiger partial charge in [0.25, 0.3) is 0 Å². The largest absolute Gasteiger partial charge is 0.435 e. The van der Waals surface area contributed by atoms with Crippen molar-refractivity contribution in [2.45, 2.75) is 51.1 Å². The molecule has 1 fully saturated rings. The Labute approximate surface area is 245 Å². The molecule has 2 N–H and O–H groups in total. The monoisotopic (exact) mass is 611 g/mol. The van der Waals surface area contributed by atoms with Gasteiger partial charge in [-0.2, -0.15) is 17.6 Å². The lowest BCUT2D eigenvalue weighted by Crippen LogP contribution is -2.42. The van der Waals surface area contributed by atoms with E-state index in [0.717, 1.165) is 6.07 Å². The van der Waals surface area contributed by atoms with Crippen LogP contribution in [0, 0.1) is 0 Å². The molecular formula is C29H30ClF4N3O5. The molecule has 3 aromatic rings. The molecule has 0 unspecified atom stereocenters. The van der Waals surface area contributed by atoms with Crippen LogP contribution in [0.15, 0.2) is 54.7 Å². The highest BCUT2D eigenvalue weighted by atomic mass is 35.5. The Morgan fingerprint density at radius 1 is 1.10 bits per heavy atom. The molecule has 2 atom stereocenters. The number of aliphatic hydroxyl groups excluding tert-OH is 2. The molecule has 2 heterocycles. The zero-order valence-electron chi connectivity index (χ0n) is 23.0. The third kappa shape index (κ3) is 6.71. The lowest BCUT2D eigenvalue weighted by atomic mass is 9.82. The van der Waals surface area contributed by atoms with Gasteiger partial charge in [0.15, 0.2) is 0 Å². The molecule has 0 aliphatic carbocycles. The Morgan fingerprint density at radius 3 is 2.29 bits per heavy atom.